The molecular weight excluding hydrogens is 542 g/mol. The van der Waals surface area contributed by atoms with Crippen LogP contribution < -0.4 is 0 Å². The van der Waals surface area contributed by atoms with Crippen molar-refractivity contribution in [2.75, 3.05) is 0 Å². The molecule has 9 rings (SSSR count). The zero-order valence-corrected chi connectivity index (χ0v) is 29.4. The van der Waals surface area contributed by atoms with Gasteiger partial charge >= 0.3 is 0 Å². The summed E-state index contributed by atoms with van der Waals surface area (Å²) >= 11 is 0. The Labute approximate surface area is 278 Å². The molecule has 1 saturated heterocycles. The van der Waals surface area contributed by atoms with Gasteiger partial charge in [0.1, 0.15) is 0 Å². The lowest BCUT2D eigenvalue weighted by Gasteiger charge is -2.53. The maximum Gasteiger partial charge on any atom is 0.0319 e. The highest BCUT2D eigenvalue weighted by Gasteiger charge is 2.54. The van der Waals surface area contributed by atoms with Gasteiger partial charge in [0.15, 0.2) is 0 Å². The molecule has 0 spiro atoms. The standard InChI is InChI=1S/C44H71N/c1-2-45-43-21-19-29(23-39-35-15-7-3-11-31(35)27-32-12-4-8-16-36(32)39)25-41(43)42-26-30(20-22-44(42)45)24-40-37-17-9-5-13-33(37)28-34-14-6-10-18-38(34)40/h2,29-44H,1,3-28H2. The first-order valence-electron chi connectivity index (χ1n) is 21.6. The highest BCUT2D eigenvalue weighted by atomic mass is 15.2. The number of likely N-dealkylation sites (tertiary alicyclic amines) is 1. The van der Waals surface area contributed by atoms with Crippen LogP contribution in [0.25, 0.3) is 0 Å². The van der Waals surface area contributed by atoms with Crippen LogP contribution in [0.15, 0.2) is 12.8 Å². The summed E-state index contributed by atoms with van der Waals surface area (Å²) in [6, 6.07) is 1.67. The third-order valence-electron chi connectivity index (χ3n) is 18.0. The van der Waals surface area contributed by atoms with E-state index in [2.05, 4.69) is 17.7 Å². The molecule has 0 aromatic rings. The SMILES string of the molecule is C=CN1C2CCC(CC3C4CCCCC4CC4CCCCC43)CC2C2CC(CC3C4CCCCC4CC4CCCCC43)CCC21. The van der Waals surface area contributed by atoms with Gasteiger partial charge in [0, 0.05) is 12.1 Å². The quantitative estimate of drug-likeness (QED) is 0.298. The van der Waals surface area contributed by atoms with E-state index >= 15 is 0 Å². The summed E-state index contributed by atoms with van der Waals surface area (Å²) in [4.78, 5) is 2.88. The van der Waals surface area contributed by atoms with E-state index < -0.39 is 0 Å². The predicted octanol–water partition coefficient (Wildman–Crippen LogP) is 12.1. The highest BCUT2D eigenvalue weighted by molar-refractivity contribution is 5.08. The molecule has 1 nitrogen and oxygen atoms in total. The molecule has 0 bridgehead atoms. The molecule has 14 atom stereocenters. The minimum absolute atomic E-state index is 0.837. The number of nitrogens with zero attached hydrogens (tertiary/aromatic N) is 1. The van der Waals surface area contributed by atoms with Crippen LogP contribution in [-0.2, 0) is 0 Å². The van der Waals surface area contributed by atoms with Crippen molar-refractivity contribution in [1.82, 2.24) is 4.90 Å². The van der Waals surface area contributed by atoms with Gasteiger partial charge in [0.2, 0.25) is 0 Å². The summed E-state index contributed by atoms with van der Waals surface area (Å²) < 4.78 is 0. The third-order valence-corrected chi connectivity index (χ3v) is 18.0. The van der Waals surface area contributed by atoms with Crippen molar-refractivity contribution in [3.05, 3.63) is 12.8 Å². The minimum Gasteiger partial charge on any atom is -0.371 e. The monoisotopic (exact) mass is 614 g/mol. The van der Waals surface area contributed by atoms with Crippen LogP contribution in [0.1, 0.15) is 167 Å². The van der Waals surface area contributed by atoms with E-state index in [0.717, 1.165) is 94.9 Å². The Morgan fingerprint density at radius 1 is 0.400 bits per heavy atom. The van der Waals surface area contributed by atoms with Crippen molar-refractivity contribution in [1.29, 1.82) is 0 Å². The van der Waals surface area contributed by atoms with Crippen LogP contribution in [-0.4, -0.2) is 17.0 Å². The Balaban J connectivity index is 0.906. The smallest absolute Gasteiger partial charge is 0.0319 e. The zero-order valence-electron chi connectivity index (χ0n) is 29.4. The van der Waals surface area contributed by atoms with Crippen LogP contribution in [0.5, 0.6) is 0 Å². The number of rotatable bonds is 5. The molecule has 14 unspecified atom stereocenters. The maximum atomic E-state index is 4.46. The number of hydrogen-bond acceptors (Lipinski definition) is 1. The van der Waals surface area contributed by atoms with Crippen LogP contribution in [0.4, 0.5) is 0 Å². The Kier molecular flexibility index (Phi) is 8.91. The van der Waals surface area contributed by atoms with Gasteiger partial charge in [-0.05, 0) is 179 Å². The second-order valence-corrected chi connectivity index (χ2v) is 19.6. The summed E-state index contributed by atoms with van der Waals surface area (Å²) in [5.41, 5.74) is 0. The summed E-state index contributed by atoms with van der Waals surface area (Å²) in [6.45, 7) is 4.46. The summed E-state index contributed by atoms with van der Waals surface area (Å²) in [5, 5.41) is 0. The van der Waals surface area contributed by atoms with Gasteiger partial charge in [0.25, 0.3) is 0 Å². The van der Waals surface area contributed by atoms with E-state index in [9.17, 15) is 0 Å². The molecule has 1 heteroatoms. The Morgan fingerprint density at radius 2 is 0.756 bits per heavy atom. The molecule has 1 aliphatic heterocycles. The van der Waals surface area contributed by atoms with Gasteiger partial charge in [-0.3, -0.25) is 0 Å². The van der Waals surface area contributed by atoms with Gasteiger partial charge < -0.3 is 4.90 Å². The molecule has 8 saturated carbocycles. The van der Waals surface area contributed by atoms with Crippen LogP contribution in [0.2, 0.25) is 0 Å². The Hall–Kier alpha value is -0.460. The molecule has 0 aromatic carbocycles. The molecule has 0 aromatic heterocycles. The van der Waals surface area contributed by atoms with Crippen LogP contribution in [0.3, 0.4) is 0 Å². The lowest BCUT2D eigenvalue weighted by Crippen LogP contribution is -2.44. The first kappa shape index (κ1) is 30.6. The van der Waals surface area contributed by atoms with Crippen molar-refractivity contribution >= 4 is 0 Å². The molecule has 9 fully saturated rings. The first-order chi connectivity index (χ1) is 22.2. The maximum absolute atomic E-state index is 4.46. The fourth-order valence-corrected chi connectivity index (χ4v) is 16.4. The van der Waals surface area contributed by atoms with Gasteiger partial charge in [-0.25, -0.2) is 0 Å². The molecule has 8 aliphatic carbocycles. The highest BCUT2D eigenvalue weighted by Crippen LogP contribution is 2.60. The lowest BCUT2D eigenvalue weighted by atomic mass is 9.52. The van der Waals surface area contributed by atoms with E-state index in [1.807, 2.05) is 0 Å². The van der Waals surface area contributed by atoms with Gasteiger partial charge in [-0.1, -0.05) is 83.6 Å². The summed E-state index contributed by atoms with van der Waals surface area (Å²) in [6.07, 6.45) is 43.2. The van der Waals surface area contributed by atoms with E-state index in [1.54, 1.807) is 141 Å². The minimum atomic E-state index is 0.837. The molecule has 0 radical (unpaired) electrons. The molecule has 252 valence electrons. The fraction of sp³-hybridized carbons (Fsp3) is 0.955. The number of fused-ring (bicyclic) bond motifs is 7. The van der Waals surface area contributed by atoms with E-state index in [4.69, 9.17) is 0 Å². The molecular formula is C44H71N. The van der Waals surface area contributed by atoms with Crippen LogP contribution >= 0.6 is 0 Å². The van der Waals surface area contributed by atoms with Crippen molar-refractivity contribution in [3.8, 4) is 0 Å². The fourth-order valence-electron chi connectivity index (χ4n) is 16.4. The van der Waals surface area contributed by atoms with Crippen molar-refractivity contribution in [2.24, 2.45) is 82.9 Å². The van der Waals surface area contributed by atoms with Crippen molar-refractivity contribution in [3.63, 3.8) is 0 Å². The average molecular weight is 614 g/mol. The number of hydrogen-bond donors (Lipinski definition) is 0. The van der Waals surface area contributed by atoms with E-state index in [1.165, 1.54) is 25.7 Å². The molecule has 9 aliphatic rings. The normalized spacial score (nSPS) is 52.8. The van der Waals surface area contributed by atoms with Crippen LogP contribution in [0, 0.1) is 82.9 Å². The van der Waals surface area contributed by atoms with Gasteiger partial charge in [-0.2, -0.15) is 0 Å². The predicted molar refractivity (Wildman–Crippen MR) is 189 cm³/mol. The lowest BCUT2D eigenvalue weighted by molar-refractivity contribution is -0.0304. The Morgan fingerprint density at radius 3 is 1.11 bits per heavy atom. The third kappa shape index (κ3) is 5.63. The van der Waals surface area contributed by atoms with Gasteiger partial charge in [-0.15, -0.1) is 0 Å². The topological polar surface area (TPSA) is 3.24 Å². The summed E-state index contributed by atoms with van der Waals surface area (Å²) in [5.74, 6) is 15.1. The second-order valence-electron chi connectivity index (χ2n) is 19.6. The van der Waals surface area contributed by atoms with Gasteiger partial charge in [0.05, 0.1) is 0 Å². The first-order valence-corrected chi connectivity index (χ1v) is 21.6. The largest absolute Gasteiger partial charge is 0.371 e. The second kappa shape index (κ2) is 13.1. The van der Waals surface area contributed by atoms with Crippen molar-refractivity contribution in [2.45, 2.75) is 179 Å². The summed E-state index contributed by atoms with van der Waals surface area (Å²) in [7, 11) is 0. The molecule has 0 amide bonds. The Bertz CT molecular complexity index is 896. The average Bonchev–Trinajstić information content (AvgIpc) is 3.40. The van der Waals surface area contributed by atoms with E-state index in [0.29, 0.717) is 0 Å². The zero-order chi connectivity index (χ0) is 29.9. The molecule has 0 N–H and O–H groups in total. The van der Waals surface area contributed by atoms with E-state index in [-0.39, 0.29) is 0 Å². The molecule has 45 heavy (non-hydrogen) atoms. The molecule has 1 heterocycles. The van der Waals surface area contributed by atoms with Crippen molar-refractivity contribution < 1.29 is 0 Å².